The van der Waals surface area contributed by atoms with Crippen LogP contribution in [0.25, 0.3) is 0 Å². The van der Waals surface area contributed by atoms with Crippen LogP contribution in [-0.4, -0.2) is 35.7 Å². The molecule has 1 aliphatic heterocycles. The largest absolute Gasteiger partial charge is 0.452 e. The number of amides is 1. The molecule has 1 heterocycles. The summed E-state index contributed by atoms with van der Waals surface area (Å²) in [7, 11) is 1.40. The van der Waals surface area contributed by atoms with Crippen LogP contribution < -0.4 is 0 Å². The first-order chi connectivity index (χ1) is 10.1. The first-order valence-electron chi connectivity index (χ1n) is 7.27. The number of fused-ring (bicyclic) bond motifs is 1. The lowest BCUT2D eigenvalue weighted by atomic mass is 10.1. The van der Waals surface area contributed by atoms with E-state index in [0.29, 0.717) is 6.42 Å². The number of nitrogens with zero attached hydrogens (tertiary/aromatic N) is 2. The van der Waals surface area contributed by atoms with Gasteiger partial charge in [-0.3, -0.25) is 4.90 Å². The Morgan fingerprint density at radius 3 is 2.86 bits per heavy atom. The maximum absolute atomic E-state index is 11.9. The van der Waals surface area contributed by atoms with Crippen molar-refractivity contribution in [1.29, 1.82) is 0 Å². The van der Waals surface area contributed by atoms with Crippen molar-refractivity contribution in [2.75, 3.05) is 12.9 Å². The molecule has 0 N–H and O–H groups in total. The number of methoxy groups -OCH3 is 1. The SMILES string of the molecule is CCCSc1ccc2c(c1)N=C(N(C(=O)OC)C(C)C)C2. The first kappa shape index (κ1) is 15.9. The van der Waals surface area contributed by atoms with E-state index in [1.165, 1.54) is 17.6 Å². The van der Waals surface area contributed by atoms with E-state index >= 15 is 0 Å². The Kier molecular flexibility index (Phi) is 5.28. The highest BCUT2D eigenvalue weighted by Crippen LogP contribution is 2.33. The van der Waals surface area contributed by atoms with Crippen LogP contribution in [0.4, 0.5) is 10.5 Å². The first-order valence-corrected chi connectivity index (χ1v) is 8.25. The Morgan fingerprint density at radius 1 is 1.48 bits per heavy atom. The van der Waals surface area contributed by atoms with Gasteiger partial charge in [0.15, 0.2) is 0 Å². The maximum atomic E-state index is 11.9. The molecule has 1 aliphatic rings. The number of hydrogen-bond acceptors (Lipinski definition) is 4. The van der Waals surface area contributed by atoms with Gasteiger partial charge < -0.3 is 4.74 Å². The number of carbonyl (C=O) groups is 1. The lowest BCUT2D eigenvalue weighted by Gasteiger charge is -2.24. The summed E-state index contributed by atoms with van der Waals surface area (Å²) in [6.07, 6.45) is 1.48. The number of amidine groups is 1. The van der Waals surface area contributed by atoms with Crippen molar-refractivity contribution in [3.63, 3.8) is 0 Å². The van der Waals surface area contributed by atoms with Gasteiger partial charge in [0.1, 0.15) is 5.84 Å². The van der Waals surface area contributed by atoms with Crippen molar-refractivity contribution in [3.05, 3.63) is 23.8 Å². The molecule has 0 bridgehead atoms. The molecule has 1 aromatic carbocycles. The van der Waals surface area contributed by atoms with E-state index in [2.05, 4.69) is 30.1 Å². The summed E-state index contributed by atoms with van der Waals surface area (Å²) < 4.78 is 4.86. The van der Waals surface area contributed by atoms with E-state index in [-0.39, 0.29) is 12.1 Å². The van der Waals surface area contributed by atoms with Gasteiger partial charge in [-0.1, -0.05) is 13.0 Å². The standard InChI is InChI=1S/C16H22N2O2S/c1-5-8-21-13-7-6-12-9-15(17-14(12)10-13)18(11(2)3)16(19)20-4/h6-7,10-11H,5,8-9H2,1-4H3. The smallest absolute Gasteiger partial charge is 0.415 e. The predicted molar refractivity (Wildman–Crippen MR) is 87.6 cm³/mol. The second-order valence-corrected chi connectivity index (χ2v) is 6.45. The van der Waals surface area contributed by atoms with Gasteiger partial charge in [0.05, 0.1) is 12.8 Å². The highest BCUT2D eigenvalue weighted by molar-refractivity contribution is 7.99. The second-order valence-electron chi connectivity index (χ2n) is 5.28. The monoisotopic (exact) mass is 306 g/mol. The van der Waals surface area contributed by atoms with Gasteiger partial charge in [-0.2, -0.15) is 0 Å². The van der Waals surface area contributed by atoms with Gasteiger partial charge in [0, 0.05) is 17.4 Å². The lowest BCUT2D eigenvalue weighted by molar-refractivity contribution is 0.138. The van der Waals surface area contributed by atoms with Gasteiger partial charge in [-0.05, 0) is 43.7 Å². The van der Waals surface area contributed by atoms with Crippen molar-refractivity contribution in [2.24, 2.45) is 4.99 Å². The number of ether oxygens (including phenoxy) is 1. The third kappa shape index (κ3) is 3.59. The Morgan fingerprint density at radius 2 is 2.24 bits per heavy atom. The van der Waals surface area contributed by atoms with Gasteiger partial charge >= 0.3 is 6.09 Å². The predicted octanol–water partition coefficient (Wildman–Crippen LogP) is 4.25. The molecule has 0 unspecified atom stereocenters. The molecule has 0 saturated carbocycles. The van der Waals surface area contributed by atoms with Crippen molar-refractivity contribution >= 4 is 29.4 Å². The average Bonchev–Trinajstić information content (AvgIpc) is 2.86. The minimum absolute atomic E-state index is 0.0273. The van der Waals surface area contributed by atoms with Gasteiger partial charge in [-0.15, -0.1) is 11.8 Å². The topological polar surface area (TPSA) is 41.9 Å². The van der Waals surface area contributed by atoms with Crippen molar-refractivity contribution in [2.45, 2.75) is 44.6 Å². The van der Waals surface area contributed by atoms with Gasteiger partial charge in [-0.25, -0.2) is 9.79 Å². The van der Waals surface area contributed by atoms with Crippen LogP contribution >= 0.6 is 11.8 Å². The molecule has 0 radical (unpaired) electrons. The fraction of sp³-hybridized carbons (Fsp3) is 0.500. The Hall–Kier alpha value is -1.49. The molecule has 0 aromatic heterocycles. The summed E-state index contributed by atoms with van der Waals surface area (Å²) in [6, 6.07) is 6.38. The average molecular weight is 306 g/mol. The number of hydrogen-bond donors (Lipinski definition) is 0. The van der Waals surface area contributed by atoms with Crippen LogP contribution in [0.1, 0.15) is 32.8 Å². The molecule has 114 valence electrons. The van der Waals surface area contributed by atoms with Gasteiger partial charge in [0.25, 0.3) is 0 Å². The number of thioether (sulfide) groups is 1. The van der Waals surface area contributed by atoms with Crippen LogP contribution in [0.3, 0.4) is 0 Å². The minimum atomic E-state index is -0.350. The molecular formula is C16H22N2O2S. The quantitative estimate of drug-likeness (QED) is 0.781. The fourth-order valence-electron chi connectivity index (χ4n) is 2.31. The van der Waals surface area contributed by atoms with Crippen molar-refractivity contribution < 1.29 is 9.53 Å². The third-order valence-electron chi connectivity index (χ3n) is 3.29. The third-order valence-corrected chi connectivity index (χ3v) is 4.49. The molecule has 0 aliphatic carbocycles. The van der Waals surface area contributed by atoms with E-state index in [1.807, 2.05) is 25.6 Å². The zero-order valence-corrected chi connectivity index (χ0v) is 13.9. The summed E-state index contributed by atoms with van der Waals surface area (Å²) >= 11 is 1.84. The molecule has 0 atom stereocenters. The van der Waals surface area contributed by atoms with E-state index in [0.717, 1.165) is 23.7 Å². The van der Waals surface area contributed by atoms with Crippen molar-refractivity contribution in [3.8, 4) is 0 Å². The molecule has 0 spiro atoms. The Balaban J connectivity index is 2.22. The molecule has 21 heavy (non-hydrogen) atoms. The van der Waals surface area contributed by atoms with Crippen LogP contribution in [0.2, 0.25) is 0 Å². The second kappa shape index (κ2) is 6.98. The van der Waals surface area contributed by atoms with E-state index in [1.54, 1.807) is 4.90 Å². The molecule has 0 fully saturated rings. The molecule has 4 nitrogen and oxygen atoms in total. The van der Waals surface area contributed by atoms with Crippen molar-refractivity contribution in [1.82, 2.24) is 4.90 Å². The van der Waals surface area contributed by atoms with Crippen LogP contribution in [0, 0.1) is 0 Å². The zero-order chi connectivity index (χ0) is 15.4. The summed E-state index contributed by atoms with van der Waals surface area (Å²) in [6.45, 7) is 6.10. The number of benzene rings is 1. The Labute approximate surface area is 130 Å². The van der Waals surface area contributed by atoms with Crippen LogP contribution in [-0.2, 0) is 11.2 Å². The van der Waals surface area contributed by atoms with E-state index < -0.39 is 0 Å². The Bertz CT molecular complexity index is 555. The normalized spacial score (nSPS) is 13.1. The van der Waals surface area contributed by atoms with Crippen LogP contribution in [0.5, 0.6) is 0 Å². The highest BCUT2D eigenvalue weighted by Gasteiger charge is 2.27. The molecule has 2 rings (SSSR count). The van der Waals surface area contributed by atoms with E-state index in [4.69, 9.17) is 4.74 Å². The van der Waals surface area contributed by atoms with E-state index in [9.17, 15) is 4.79 Å². The molecular weight excluding hydrogens is 284 g/mol. The fourth-order valence-corrected chi connectivity index (χ4v) is 3.11. The van der Waals surface area contributed by atoms with Crippen LogP contribution in [0.15, 0.2) is 28.1 Å². The highest BCUT2D eigenvalue weighted by atomic mass is 32.2. The molecule has 0 saturated heterocycles. The summed E-state index contributed by atoms with van der Waals surface area (Å²) in [5.41, 5.74) is 2.14. The number of carbonyl (C=O) groups excluding carboxylic acids is 1. The number of aliphatic imine (C=N–C) groups is 1. The molecule has 1 aromatic rings. The zero-order valence-electron chi connectivity index (χ0n) is 13.0. The lowest BCUT2D eigenvalue weighted by Crippen LogP contribution is -2.42. The molecule has 5 heteroatoms. The van der Waals surface area contributed by atoms with Gasteiger partial charge in [0.2, 0.25) is 0 Å². The summed E-state index contributed by atoms with van der Waals surface area (Å²) in [5.74, 6) is 1.87. The maximum Gasteiger partial charge on any atom is 0.415 e. The summed E-state index contributed by atoms with van der Waals surface area (Å²) in [4.78, 5) is 19.4. The minimum Gasteiger partial charge on any atom is -0.452 e. The summed E-state index contributed by atoms with van der Waals surface area (Å²) in [5, 5.41) is 0. The number of rotatable bonds is 4. The molecule has 1 amide bonds.